The number of hydrogen-bond acceptors (Lipinski definition) is 2. The monoisotopic (exact) mass is 291 g/mol. The molecular formula is C19H33NO. The molecule has 0 spiro atoms. The highest BCUT2D eigenvalue weighted by atomic mass is 16.1. The molecule has 2 saturated heterocycles. The Labute approximate surface area is 130 Å². The zero-order valence-corrected chi connectivity index (χ0v) is 13.6. The first-order valence-electron chi connectivity index (χ1n) is 9.19. The molecule has 0 aromatic rings. The molecule has 2 rings (SSSR count). The van der Waals surface area contributed by atoms with Gasteiger partial charge in [0, 0.05) is 24.4 Å². The van der Waals surface area contributed by atoms with Crippen molar-refractivity contribution in [2.45, 2.75) is 95.6 Å². The van der Waals surface area contributed by atoms with Gasteiger partial charge in [0.2, 0.25) is 0 Å². The van der Waals surface area contributed by atoms with Gasteiger partial charge in [0.15, 0.2) is 0 Å². The van der Waals surface area contributed by atoms with E-state index in [0.29, 0.717) is 23.8 Å². The molecule has 0 aromatic carbocycles. The summed E-state index contributed by atoms with van der Waals surface area (Å²) >= 11 is 0. The molecule has 2 nitrogen and oxygen atoms in total. The van der Waals surface area contributed by atoms with Crippen molar-refractivity contribution < 1.29 is 4.79 Å². The van der Waals surface area contributed by atoms with E-state index in [-0.39, 0.29) is 0 Å². The maximum atomic E-state index is 12.4. The first-order chi connectivity index (χ1) is 10.3. The second kappa shape index (κ2) is 9.40. The summed E-state index contributed by atoms with van der Waals surface area (Å²) in [6, 6.07) is 1.27. The number of fused-ring (bicyclic) bond motifs is 2. The molecule has 0 aliphatic carbocycles. The number of rotatable bonds is 10. The Balaban J connectivity index is 1.52. The highest BCUT2D eigenvalue weighted by molar-refractivity contribution is 5.81. The lowest BCUT2D eigenvalue weighted by molar-refractivity contribution is -0.124. The minimum absolute atomic E-state index is 0.370. The van der Waals surface area contributed by atoms with Crippen LogP contribution in [0.5, 0.6) is 0 Å². The zero-order chi connectivity index (χ0) is 14.9. The lowest BCUT2D eigenvalue weighted by Gasteiger charge is -2.39. The summed E-state index contributed by atoms with van der Waals surface area (Å²) in [5.41, 5.74) is 0. The Hall–Kier alpha value is -0.630. The molecule has 2 aliphatic heterocycles. The highest BCUT2D eigenvalue weighted by Crippen LogP contribution is 2.31. The van der Waals surface area contributed by atoms with Crippen LogP contribution < -0.4 is 5.32 Å². The number of nitrogens with one attached hydrogen (secondary N) is 1. The third-order valence-corrected chi connectivity index (χ3v) is 5.25. The smallest absolute Gasteiger partial charge is 0.136 e. The van der Waals surface area contributed by atoms with Crippen molar-refractivity contribution in [1.82, 2.24) is 5.32 Å². The molecule has 0 saturated carbocycles. The summed E-state index contributed by atoms with van der Waals surface area (Å²) in [4.78, 5) is 12.4. The second-order valence-electron chi connectivity index (χ2n) is 7.07. The fourth-order valence-electron chi connectivity index (χ4n) is 4.03. The molecule has 0 aromatic heterocycles. The van der Waals surface area contributed by atoms with E-state index < -0.39 is 0 Å². The molecule has 2 atom stereocenters. The van der Waals surface area contributed by atoms with E-state index >= 15 is 0 Å². The van der Waals surface area contributed by atoms with E-state index in [1.54, 1.807) is 0 Å². The predicted molar refractivity (Wildman–Crippen MR) is 89.4 cm³/mol. The predicted octanol–water partition coefficient (Wildman–Crippen LogP) is 4.78. The van der Waals surface area contributed by atoms with Crippen molar-refractivity contribution in [2.75, 3.05) is 0 Å². The van der Waals surface area contributed by atoms with E-state index in [1.165, 1.54) is 51.4 Å². The van der Waals surface area contributed by atoms with Gasteiger partial charge in [-0.3, -0.25) is 4.79 Å². The van der Waals surface area contributed by atoms with E-state index in [9.17, 15) is 4.79 Å². The third kappa shape index (κ3) is 5.94. The van der Waals surface area contributed by atoms with Gasteiger partial charge in [-0.05, 0) is 44.9 Å². The van der Waals surface area contributed by atoms with Crippen molar-refractivity contribution in [3.63, 3.8) is 0 Å². The summed E-state index contributed by atoms with van der Waals surface area (Å²) < 4.78 is 0. The highest BCUT2D eigenvalue weighted by Gasteiger charge is 2.33. The number of allylic oxidation sites excluding steroid dienone is 1. The van der Waals surface area contributed by atoms with Gasteiger partial charge in [0.25, 0.3) is 0 Å². The molecular weight excluding hydrogens is 258 g/mol. The standard InChI is InChI=1S/C19H33NO/c1-2-3-4-5-6-7-8-9-13-19(21)16-14-17-11-10-12-18(15-16)20-17/h2,16-18,20H,1,3-15H2. The van der Waals surface area contributed by atoms with Gasteiger partial charge in [-0.1, -0.05) is 38.2 Å². The molecule has 1 N–H and O–H groups in total. The molecule has 2 unspecified atom stereocenters. The number of carbonyl (C=O) groups excluding carboxylic acids is 1. The van der Waals surface area contributed by atoms with Crippen molar-refractivity contribution in [2.24, 2.45) is 5.92 Å². The van der Waals surface area contributed by atoms with Gasteiger partial charge in [0.05, 0.1) is 0 Å². The minimum Gasteiger partial charge on any atom is -0.311 e. The van der Waals surface area contributed by atoms with Crippen molar-refractivity contribution in [3.8, 4) is 0 Å². The number of ketones is 1. The van der Waals surface area contributed by atoms with Gasteiger partial charge in [-0.15, -0.1) is 6.58 Å². The SMILES string of the molecule is C=CCCCCCCCCC(=O)C1CC2CCCC(C1)N2. The lowest BCUT2D eigenvalue weighted by Crippen LogP contribution is -2.50. The molecule has 120 valence electrons. The van der Waals surface area contributed by atoms with Crippen molar-refractivity contribution in [3.05, 3.63) is 12.7 Å². The topological polar surface area (TPSA) is 29.1 Å². The Kier molecular flexibility index (Phi) is 7.49. The van der Waals surface area contributed by atoms with Crippen LogP contribution in [-0.4, -0.2) is 17.9 Å². The molecule has 2 fully saturated rings. The van der Waals surface area contributed by atoms with Gasteiger partial charge in [-0.25, -0.2) is 0 Å². The molecule has 0 amide bonds. The molecule has 2 heterocycles. The summed E-state index contributed by atoms with van der Waals surface area (Å²) in [5.74, 6) is 0.925. The van der Waals surface area contributed by atoms with Crippen LogP contribution in [0.3, 0.4) is 0 Å². The van der Waals surface area contributed by atoms with E-state index in [4.69, 9.17) is 0 Å². The molecule has 21 heavy (non-hydrogen) atoms. The van der Waals surface area contributed by atoms with Crippen LogP contribution in [0.2, 0.25) is 0 Å². The van der Waals surface area contributed by atoms with Crippen LogP contribution in [0.4, 0.5) is 0 Å². The average Bonchev–Trinajstić information content (AvgIpc) is 2.49. The van der Waals surface area contributed by atoms with Gasteiger partial charge in [-0.2, -0.15) is 0 Å². The fraction of sp³-hybridized carbons (Fsp3) is 0.842. The summed E-state index contributed by atoms with van der Waals surface area (Å²) in [6.45, 7) is 3.75. The van der Waals surface area contributed by atoms with Crippen molar-refractivity contribution in [1.29, 1.82) is 0 Å². The molecule has 2 bridgehead atoms. The van der Waals surface area contributed by atoms with Crippen LogP contribution in [0.15, 0.2) is 12.7 Å². The summed E-state index contributed by atoms with van der Waals surface area (Å²) in [7, 11) is 0. The van der Waals surface area contributed by atoms with Crippen LogP contribution in [0.25, 0.3) is 0 Å². The summed E-state index contributed by atoms with van der Waals surface area (Å²) in [5, 5.41) is 3.68. The van der Waals surface area contributed by atoms with Gasteiger partial charge in [0.1, 0.15) is 5.78 Å². The quantitative estimate of drug-likeness (QED) is 0.463. The van der Waals surface area contributed by atoms with Crippen LogP contribution in [0, 0.1) is 5.92 Å². The number of hydrogen-bond donors (Lipinski definition) is 1. The number of Topliss-reactive ketones (excluding diaryl/α,β-unsaturated/α-hetero) is 1. The fourth-order valence-corrected chi connectivity index (χ4v) is 4.03. The lowest BCUT2D eigenvalue weighted by atomic mass is 9.77. The Morgan fingerprint density at radius 3 is 2.29 bits per heavy atom. The molecule has 2 heteroatoms. The zero-order valence-electron chi connectivity index (χ0n) is 13.6. The van der Waals surface area contributed by atoms with Crippen molar-refractivity contribution >= 4 is 5.78 Å². The van der Waals surface area contributed by atoms with Gasteiger partial charge >= 0.3 is 0 Å². The number of carbonyl (C=O) groups is 1. The Morgan fingerprint density at radius 2 is 1.62 bits per heavy atom. The first kappa shape index (κ1) is 16.7. The normalized spacial score (nSPS) is 28.3. The van der Waals surface area contributed by atoms with Crippen LogP contribution >= 0.6 is 0 Å². The molecule has 0 radical (unpaired) electrons. The Morgan fingerprint density at radius 1 is 1.00 bits per heavy atom. The summed E-state index contributed by atoms with van der Waals surface area (Å²) in [6.07, 6.45) is 17.7. The van der Waals surface area contributed by atoms with E-state index in [1.807, 2.05) is 6.08 Å². The number of piperidine rings is 2. The molecule has 2 aliphatic rings. The Bertz CT molecular complexity index is 314. The number of unbranched alkanes of at least 4 members (excludes halogenated alkanes) is 6. The van der Waals surface area contributed by atoms with E-state index in [2.05, 4.69) is 11.9 Å². The van der Waals surface area contributed by atoms with Crippen LogP contribution in [-0.2, 0) is 4.79 Å². The average molecular weight is 291 g/mol. The first-order valence-corrected chi connectivity index (χ1v) is 9.19. The maximum Gasteiger partial charge on any atom is 0.136 e. The third-order valence-electron chi connectivity index (χ3n) is 5.25. The second-order valence-corrected chi connectivity index (χ2v) is 7.07. The van der Waals surface area contributed by atoms with Crippen LogP contribution in [0.1, 0.15) is 83.5 Å². The van der Waals surface area contributed by atoms with Gasteiger partial charge < -0.3 is 5.32 Å². The maximum absolute atomic E-state index is 12.4. The van der Waals surface area contributed by atoms with E-state index in [0.717, 1.165) is 32.1 Å². The largest absolute Gasteiger partial charge is 0.311 e. The minimum atomic E-state index is 0.370.